The summed E-state index contributed by atoms with van der Waals surface area (Å²) < 4.78 is 9.24. The molecular weight excluding hydrogens is 268 g/mol. The van der Waals surface area contributed by atoms with Gasteiger partial charge >= 0.3 is 11.9 Å². The number of ether oxygens (including phenoxy) is 2. The van der Waals surface area contributed by atoms with Crippen LogP contribution in [0.5, 0.6) is 0 Å². The van der Waals surface area contributed by atoms with E-state index < -0.39 is 0 Å². The molecule has 0 amide bonds. The van der Waals surface area contributed by atoms with Gasteiger partial charge in [-0.05, 0) is 26.8 Å². The van der Waals surface area contributed by atoms with E-state index in [1.54, 1.807) is 44.2 Å². The molecule has 0 atom stereocenters. The molecule has 0 spiro atoms. The average molecular weight is 290 g/mol. The highest BCUT2D eigenvalue weighted by atomic mass is 16.5. The minimum absolute atomic E-state index is 0.351. The Balaban J connectivity index is 4.69. The van der Waals surface area contributed by atoms with Crippen LogP contribution in [0.4, 0.5) is 0 Å². The smallest absolute Gasteiger partial charge is 0.337 e. The third kappa shape index (κ3) is 7.72. The lowest BCUT2D eigenvalue weighted by atomic mass is 10.1. The Labute approximate surface area is 126 Å². The van der Waals surface area contributed by atoms with E-state index in [2.05, 4.69) is 9.47 Å². The Morgan fingerprint density at radius 2 is 1.52 bits per heavy atom. The highest BCUT2D eigenvalue weighted by Gasteiger charge is 2.04. The maximum atomic E-state index is 11.4. The molecule has 4 nitrogen and oxygen atoms in total. The first-order valence-electron chi connectivity index (χ1n) is 6.49. The van der Waals surface area contributed by atoms with Crippen LogP contribution in [-0.4, -0.2) is 26.2 Å². The summed E-state index contributed by atoms with van der Waals surface area (Å²) in [6, 6.07) is 0. The number of methoxy groups -OCH3 is 2. The number of esters is 2. The third-order valence-corrected chi connectivity index (χ3v) is 2.55. The molecule has 0 aliphatic rings. The fourth-order valence-electron chi connectivity index (χ4n) is 1.37. The summed E-state index contributed by atoms with van der Waals surface area (Å²) in [7, 11) is 2.70. The Kier molecular flexibility index (Phi) is 9.26. The van der Waals surface area contributed by atoms with Crippen molar-refractivity contribution in [3.05, 3.63) is 59.3 Å². The van der Waals surface area contributed by atoms with Crippen LogP contribution in [0.3, 0.4) is 0 Å². The predicted octanol–water partition coefficient (Wildman–Crippen LogP) is 3.28. The molecule has 4 heteroatoms. The van der Waals surface area contributed by atoms with Crippen LogP contribution in [-0.2, 0) is 19.1 Å². The summed E-state index contributed by atoms with van der Waals surface area (Å²) in [5.41, 5.74) is 1.94. The van der Waals surface area contributed by atoms with E-state index in [4.69, 9.17) is 0 Å². The molecule has 114 valence electrons. The fraction of sp³-hybridized carbons (Fsp3) is 0.294. The van der Waals surface area contributed by atoms with E-state index in [0.717, 1.165) is 5.57 Å². The van der Waals surface area contributed by atoms with Gasteiger partial charge in [0.15, 0.2) is 0 Å². The van der Waals surface area contributed by atoms with Gasteiger partial charge in [-0.15, -0.1) is 0 Å². The molecule has 0 aliphatic heterocycles. The SMILES string of the molecule is C\C=C(/C=C(C)/C=C/C=C/C=C(\C)C(=O)OC)C(=O)OC. The van der Waals surface area contributed by atoms with Gasteiger partial charge in [0.1, 0.15) is 0 Å². The Bertz CT molecular complexity index is 517. The monoisotopic (exact) mass is 290 g/mol. The number of hydrogen-bond acceptors (Lipinski definition) is 4. The van der Waals surface area contributed by atoms with Crippen LogP contribution in [0, 0.1) is 0 Å². The van der Waals surface area contributed by atoms with E-state index in [1.165, 1.54) is 14.2 Å². The minimum Gasteiger partial charge on any atom is -0.466 e. The van der Waals surface area contributed by atoms with Crippen molar-refractivity contribution < 1.29 is 19.1 Å². The van der Waals surface area contributed by atoms with Gasteiger partial charge in [-0.1, -0.05) is 42.0 Å². The molecule has 0 N–H and O–H groups in total. The van der Waals surface area contributed by atoms with E-state index in [-0.39, 0.29) is 11.9 Å². The van der Waals surface area contributed by atoms with E-state index >= 15 is 0 Å². The van der Waals surface area contributed by atoms with Crippen LogP contribution < -0.4 is 0 Å². The number of hydrogen-bond donors (Lipinski definition) is 0. The molecule has 0 unspecified atom stereocenters. The van der Waals surface area contributed by atoms with Gasteiger partial charge in [0, 0.05) is 5.57 Å². The van der Waals surface area contributed by atoms with Gasteiger partial charge in [0.2, 0.25) is 0 Å². The molecule has 0 radical (unpaired) electrons. The Hall–Kier alpha value is -2.36. The van der Waals surface area contributed by atoms with Crippen LogP contribution >= 0.6 is 0 Å². The number of carbonyl (C=O) groups excluding carboxylic acids is 2. The summed E-state index contributed by atoms with van der Waals surface area (Å²) in [4.78, 5) is 22.5. The molecule has 0 aromatic heterocycles. The minimum atomic E-state index is -0.363. The molecule has 0 fully saturated rings. The summed E-state index contributed by atoms with van der Waals surface area (Å²) in [5, 5.41) is 0. The quantitative estimate of drug-likeness (QED) is 0.428. The third-order valence-electron chi connectivity index (χ3n) is 2.55. The van der Waals surface area contributed by atoms with Crippen LogP contribution in [0.15, 0.2) is 59.3 Å². The van der Waals surface area contributed by atoms with Crippen molar-refractivity contribution in [1.82, 2.24) is 0 Å². The predicted molar refractivity (Wildman–Crippen MR) is 83.6 cm³/mol. The van der Waals surface area contributed by atoms with E-state index in [1.807, 2.05) is 19.1 Å². The van der Waals surface area contributed by atoms with Crippen molar-refractivity contribution in [1.29, 1.82) is 0 Å². The molecule has 0 bridgehead atoms. The zero-order valence-electron chi connectivity index (χ0n) is 13.2. The lowest BCUT2D eigenvalue weighted by molar-refractivity contribution is -0.136. The summed E-state index contributed by atoms with van der Waals surface area (Å²) in [6.45, 7) is 5.34. The maximum Gasteiger partial charge on any atom is 0.337 e. The van der Waals surface area contributed by atoms with Gasteiger partial charge in [-0.25, -0.2) is 9.59 Å². The first-order valence-corrected chi connectivity index (χ1v) is 6.49. The molecule has 0 aromatic rings. The Morgan fingerprint density at radius 3 is 2.05 bits per heavy atom. The van der Waals surface area contributed by atoms with Gasteiger partial charge < -0.3 is 9.47 Å². The Morgan fingerprint density at radius 1 is 0.905 bits per heavy atom. The highest BCUT2D eigenvalue weighted by Crippen LogP contribution is 2.06. The zero-order chi connectivity index (χ0) is 16.3. The molecule has 0 aromatic carbocycles. The number of carbonyl (C=O) groups is 2. The van der Waals surface area contributed by atoms with Crippen molar-refractivity contribution in [2.45, 2.75) is 20.8 Å². The second-order valence-electron chi connectivity index (χ2n) is 4.21. The summed E-state index contributed by atoms with van der Waals surface area (Å²) >= 11 is 0. The molecule has 0 saturated carbocycles. The fourth-order valence-corrected chi connectivity index (χ4v) is 1.37. The van der Waals surface area contributed by atoms with Gasteiger partial charge in [0.25, 0.3) is 0 Å². The number of allylic oxidation sites excluding steroid dienone is 7. The zero-order valence-corrected chi connectivity index (χ0v) is 13.2. The first kappa shape index (κ1) is 18.6. The molecule has 0 saturated heterocycles. The summed E-state index contributed by atoms with van der Waals surface area (Å²) in [5.74, 6) is -0.715. The van der Waals surface area contributed by atoms with Crippen molar-refractivity contribution >= 4 is 11.9 Å². The second kappa shape index (κ2) is 10.4. The highest BCUT2D eigenvalue weighted by molar-refractivity contribution is 5.91. The van der Waals surface area contributed by atoms with Crippen molar-refractivity contribution in [2.75, 3.05) is 14.2 Å². The normalized spacial score (nSPS) is 13.9. The van der Waals surface area contributed by atoms with Crippen molar-refractivity contribution in [3.8, 4) is 0 Å². The van der Waals surface area contributed by atoms with E-state index in [0.29, 0.717) is 11.1 Å². The lowest BCUT2D eigenvalue weighted by Crippen LogP contribution is -2.02. The topological polar surface area (TPSA) is 52.6 Å². The summed E-state index contributed by atoms with van der Waals surface area (Å²) in [6.07, 6.45) is 12.3. The largest absolute Gasteiger partial charge is 0.466 e. The van der Waals surface area contributed by atoms with Crippen molar-refractivity contribution in [3.63, 3.8) is 0 Å². The molecular formula is C17H22O4. The van der Waals surface area contributed by atoms with E-state index in [9.17, 15) is 9.59 Å². The van der Waals surface area contributed by atoms with Gasteiger partial charge in [-0.3, -0.25) is 0 Å². The standard InChI is InChI=1S/C17H22O4/c1-6-15(17(19)21-5)12-13(2)10-8-7-9-11-14(3)16(18)20-4/h6-12H,1-5H3/b9-7+,10-8+,13-12+,14-11+,15-6+. The molecule has 0 aliphatic carbocycles. The maximum absolute atomic E-state index is 11.4. The first-order chi connectivity index (χ1) is 9.96. The number of rotatable bonds is 6. The molecule has 0 heterocycles. The average Bonchev–Trinajstić information content (AvgIpc) is 2.50. The second-order valence-corrected chi connectivity index (χ2v) is 4.21. The van der Waals surface area contributed by atoms with Crippen LogP contribution in [0.25, 0.3) is 0 Å². The lowest BCUT2D eigenvalue weighted by Gasteiger charge is -1.99. The van der Waals surface area contributed by atoms with Gasteiger partial charge in [0.05, 0.1) is 19.8 Å². The van der Waals surface area contributed by atoms with Crippen molar-refractivity contribution in [2.24, 2.45) is 0 Å². The molecule has 0 rings (SSSR count). The van der Waals surface area contributed by atoms with Crippen LogP contribution in [0.1, 0.15) is 20.8 Å². The van der Waals surface area contributed by atoms with Crippen LogP contribution in [0.2, 0.25) is 0 Å². The van der Waals surface area contributed by atoms with Gasteiger partial charge in [-0.2, -0.15) is 0 Å². The molecule has 21 heavy (non-hydrogen) atoms.